The molecule has 25 heavy (non-hydrogen) atoms. The van der Waals surface area contributed by atoms with Crippen LogP contribution in [0.15, 0.2) is 48.5 Å². The lowest BCUT2D eigenvalue weighted by molar-refractivity contribution is 0.199. The van der Waals surface area contributed by atoms with E-state index >= 15 is 0 Å². The number of rotatable bonds is 4. The third kappa shape index (κ3) is 5.39. The maximum Gasteiger partial charge on any atom is 0.170 e. The minimum atomic E-state index is -0.455. The highest BCUT2D eigenvalue weighted by Crippen LogP contribution is 2.19. The van der Waals surface area contributed by atoms with Gasteiger partial charge in [0.05, 0.1) is 5.02 Å². The van der Waals surface area contributed by atoms with Crippen molar-refractivity contribution in [1.82, 2.24) is 10.2 Å². The Labute approximate surface area is 158 Å². The topological polar surface area (TPSA) is 27.3 Å². The first-order valence-corrected chi connectivity index (χ1v) is 9.17. The number of hydrogen-bond donors (Lipinski definition) is 2. The van der Waals surface area contributed by atoms with Crippen molar-refractivity contribution in [3.05, 3.63) is 64.9 Å². The Balaban J connectivity index is 1.43. The van der Waals surface area contributed by atoms with Crippen LogP contribution >= 0.6 is 23.8 Å². The summed E-state index contributed by atoms with van der Waals surface area (Å²) in [6, 6.07) is 15.4. The van der Waals surface area contributed by atoms with Crippen LogP contribution in [0.5, 0.6) is 0 Å². The quantitative estimate of drug-likeness (QED) is 0.771. The van der Waals surface area contributed by atoms with Crippen LogP contribution in [0.4, 0.5) is 10.1 Å². The summed E-state index contributed by atoms with van der Waals surface area (Å²) in [5.41, 5.74) is 1.94. The number of halogens is 2. The summed E-state index contributed by atoms with van der Waals surface area (Å²) in [6.45, 7) is 3.05. The zero-order chi connectivity index (χ0) is 17.6. The molecule has 0 aliphatic carbocycles. The van der Waals surface area contributed by atoms with E-state index in [4.69, 9.17) is 23.8 Å². The van der Waals surface area contributed by atoms with Crippen LogP contribution in [0, 0.1) is 5.82 Å². The van der Waals surface area contributed by atoms with Crippen LogP contribution in [0.1, 0.15) is 18.4 Å². The van der Waals surface area contributed by atoms with Gasteiger partial charge in [-0.3, -0.25) is 4.90 Å². The molecular formula is C19H21ClFN3S. The molecular weight excluding hydrogens is 357 g/mol. The lowest BCUT2D eigenvalue weighted by Gasteiger charge is -2.33. The van der Waals surface area contributed by atoms with Gasteiger partial charge in [0.1, 0.15) is 5.82 Å². The largest absolute Gasteiger partial charge is 0.360 e. The predicted molar refractivity (Wildman–Crippen MR) is 106 cm³/mol. The zero-order valence-electron chi connectivity index (χ0n) is 13.8. The fourth-order valence-corrected chi connectivity index (χ4v) is 3.41. The molecule has 0 atom stereocenters. The molecule has 1 heterocycles. The Kier molecular flexibility index (Phi) is 6.24. The molecule has 0 spiro atoms. The van der Waals surface area contributed by atoms with Crippen LogP contribution in [0.2, 0.25) is 5.02 Å². The van der Waals surface area contributed by atoms with Crippen molar-refractivity contribution in [3.63, 3.8) is 0 Å². The Hall–Kier alpha value is -1.69. The molecule has 0 saturated carbocycles. The van der Waals surface area contributed by atoms with Crippen LogP contribution in [0.25, 0.3) is 0 Å². The maximum atomic E-state index is 13.5. The van der Waals surface area contributed by atoms with E-state index in [2.05, 4.69) is 39.8 Å². The molecule has 6 heteroatoms. The fraction of sp³-hybridized carbons (Fsp3) is 0.316. The van der Waals surface area contributed by atoms with Crippen LogP contribution in [0.3, 0.4) is 0 Å². The number of hydrogen-bond acceptors (Lipinski definition) is 2. The molecule has 0 radical (unpaired) electrons. The first-order chi connectivity index (χ1) is 12.1. The van der Waals surface area contributed by atoms with E-state index in [0.29, 0.717) is 16.8 Å². The van der Waals surface area contributed by atoms with Gasteiger partial charge in [-0.15, -0.1) is 0 Å². The van der Waals surface area contributed by atoms with Crippen molar-refractivity contribution in [2.24, 2.45) is 0 Å². The van der Waals surface area contributed by atoms with Gasteiger partial charge >= 0.3 is 0 Å². The molecule has 1 saturated heterocycles. The van der Waals surface area contributed by atoms with Crippen LogP contribution < -0.4 is 10.6 Å². The van der Waals surface area contributed by atoms with Crippen LogP contribution in [-0.2, 0) is 6.54 Å². The van der Waals surface area contributed by atoms with Crippen molar-refractivity contribution in [2.45, 2.75) is 25.4 Å². The Morgan fingerprint density at radius 1 is 1.16 bits per heavy atom. The normalized spacial score (nSPS) is 15.8. The van der Waals surface area contributed by atoms with E-state index in [9.17, 15) is 4.39 Å². The molecule has 0 aromatic heterocycles. The van der Waals surface area contributed by atoms with Crippen molar-refractivity contribution >= 4 is 34.6 Å². The average Bonchev–Trinajstić information content (AvgIpc) is 2.61. The van der Waals surface area contributed by atoms with Gasteiger partial charge in [-0.1, -0.05) is 41.9 Å². The first kappa shape index (κ1) is 18.1. The Morgan fingerprint density at radius 3 is 2.56 bits per heavy atom. The average molecular weight is 378 g/mol. The van der Waals surface area contributed by atoms with Crippen LogP contribution in [-0.4, -0.2) is 29.1 Å². The van der Waals surface area contributed by atoms with Gasteiger partial charge in [-0.2, -0.15) is 0 Å². The monoisotopic (exact) mass is 377 g/mol. The van der Waals surface area contributed by atoms with Gasteiger partial charge in [0.15, 0.2) is 5.11 Å². The number of nitrogens with one attached hydrogen (secondary N) is 2. The summed E-state index contributed by atoms with van der Waals surface area (Å²) in [5, 5.41) is 6.96. The van der Waals surface area contributed by atoms with E-state index in [1.165, 1.54) is 17.7 Å². The number of thiocarbonyl (C=S) groups is 1. The highest BCUT2D eigenvalue weighted by atomic mass is 35.5. The second kappa shape index (κ2) is 8.61. The molecule has 1 fully saturated rings. The lowest BCUT2D eigenvalue weighted by Crippen LogP contribution is -2.45. The summed E-state index contributed by atoms with van der Waals surface area (Å²) in [4.78, 5) is 2.46. The molecule has 3 nitrogen and oxygen atoms in total. The molecule has 132 valence electrons. The molecule has 2 aromatic carbocycles. The molecule has 0 unspecified atom stereocenters. The van der Waals surface area contributed by atoms with E-state index in [0.717, 1.165) is 32.5 Å². The standard InChI is InChI=1S/C19H21ClFN3S/c20-17-7-6-16(12-18(17)21)23-19(25)22-15-8-10-24(11-9-15)13-14-4-2-1-3-5-14/h1-7,12,15H,8-11,13H2,(H2,22,23,25). The third-order valence-corrected chi connectivity index (χ3v) is 4.88. The lowest BCUT2D eigenvalue weighted by atomic mass is 10.0. The molecule has 0 amide bonds. The summed E-state index contributed by atoms with van der Waals surface area (Å²) >= 11 is 11.0. The van der Waals surface area contributed by atoms with Gasteiger partial charge < -0.3 is 10.6 Å². The van der Waals surface area contributed by atoms with E-state index in [-0.39, 0.29) is 5.02 Å². The van der Waals surface area contributed by atoms with Crippen molar-refractivity contribution in [2.75, 3.05) is 18.4 Å². The first-order valence-electron chi connectivity index (χ1n) is 8.39. The summed E-state index contributed by atoms with van der Waals surface area (Å²) in [7, 11) is 0. The van der Waals surface area contributed by atoms with E-state index in [1.54, 1.807) is 6.07 Å². The summed E-state index contributed by atoms with van der Waals surface area (Å²) in [5.74, 6) is -0.455. The van der Waals surface area contributed by atoms with Crippen molar-refractivity contribution < 1.29 is 4.39 Å². The van der Waals surface area contributed by atoms with Gasteiger partial charge in [-0.25, -0.2) is 4.39 Å². The zero-order valence-corrected chi connectivity index (χ0v) is 15.4. The van der Waals surface area contributed by atoms with Gasteiger partial charge in [0, 0.05) is 31.4 Å². The number of anilines is 1. The third-order valence-electron chi connectivity index (χ3n) is 4.35. The fourth-order valence-electron chi connectivity index (χ4n) is 3.00. The highest BCUT2D eigenvalue weighted by Gasteiger charge is 2.19. The summed E-state index contributed by atoms with van der Waals surface area (Å²) in [6.07, 6.45) is 2.06. The SMILES string of the molecule is Fc1cc(NC(=S)NC2CCN(Cc3ccccc3)CC2)ccc1Cl. The van der Waals surface area contributed by atoms with Crippen molar-refractivity contribution in [1.29, 1.82) is 0 Å². The second-order valence-corrected chi connectivity index (χ2v) is 7.08. The maximum absolute atomic E-state index is 13.5. The molecule has 3 rings (SSSR count). The van der Waals surface area contributed by atoms with E-state index in [1.807, 2.05) is 6.07 Å². The molecule has 2 N–H and O–H groups in total. The smallest absolute Gasteiger partial charge is 0.170 e. The number of benzene rings is 2. The minimum Gasteiger partial charge on any atom is -0.360 e. The van der Waals surface area contributed by atoms with Gasteiger partial charge in [-0.05, 0) is 48.8 Å². The summed E-state index contributed by atoms with van der Waals surface area (Å²) < 4.78 is 13.5. The minimum absolute atomic E-state index is 0.107. The highest BCUT2D eigenvalue weighted by molar-refractivity contribution is 7.80. The number of likely N-dealkylation sites (tertiary alicyclic amines) is 1. The molecule has 1 aliphatic rings. The predicted octanol–water partition coefficient (Wildman–Crippen LogP) is 4.43. The Morgan fingerprint density at radius 2 is 1.88 bits per heavy atom. The van der Waals surface area contributed by atoms with Crippen molar-refractivity contribution in [3.8, 4) is 0 Å². The molecule has 0 bridgehead atoms. The Bertz CT molecular complexity index is 718. The second-order valence-electron chi connectivity index (χ2n) is 6.26. The molecule has 2 aromatic rings. The van der Waals surface area contributed by atoms with Gasteiger partial charge in [0.25, 0.3) is 0 Å². The number of nitrogens with zero attached hydrogens (tertiary/aromatic N) is 1. The number of piperidine rings is 1. The molecule has 1 aliphatic heterocycles. The van der Waals surface area contributed by atoms with E-state index < -0.39 is 5.82 Å². The van der Waals surface area contributed by atoms with Gasteiger partial charge in [0.2, 0.25) is 0 Å².